The molecular formula is C35H40N2Si. The highest BCUT2D eigenvalue weighted by Crippen LogP contribution is 2.38. The van der Waals surface area contributed by atoms with E-state index in [-0.39, 0.29) is 33.5 Å². The second-order valence-electron chi connectivity index (χ2n) is 10.3. The minimum absolute atomic E-state index is 0.0165. The standard InChI is InChI=1S/C35H40N2Si/c1-23(2)29-15-12-16-30(24(3)4)34(29)37-33-22-28(38(6,7)8)19-20-32(33)36-35(37)27-18-17-25(5)31(21-27)26-13-10-9-11-14-26/h9-24H,1-8H3/i1D3,2D3,3D3,4D3,5D3,23D,24D. The molecule has 0 saturated carbocycles. The Bertz CT molecular complexity index is 2140. The summed E-state index contributed by atoms with van der Waals surface area (Å²) in [6.07, 6.45) is 0. The van der Waals surface area contributed by atoms with Crippen molar-refractivity contribution in [3.63, 3.8) is 0 Å². The highest BCUT2D eigenvalue weighted by atomic mass is 28.3. The summed E-state index contributed by atoms with van der Waals surface area (Å²) in [5.74, 6) is -7.08. The quantitative estimate of drug-likeness (QED) is 0.199. The zero-order chi connectivity index (χ0) is 41.5. The van der Waals surface area contributed by atoms with Crippen molar-refractivity contribution in [1.29, 1.82) is 0 Å². The largest absolute Gasteiger partial charge is 0.292 e. The molecule has 0 fully saturated rings. The van der Waals surface area contributed by atoms with Crippen molar-refractivity contribution in [2.24, 2.45) is 0 Å². The predicted octanol–water partition coefficient (Wildman–Crippen LogP) is 9.46. The Hall–Kier alpha value is -3.43. The molecule has 0 bridgehead atoms. The molecule has 0 aliphatic heterocycles. The average Bonchev–Trinajstić information content (AvgIpc) is 3.43. The van der Waals surface area contributed by atoms with Crippen LogP contribution in [0.3, 0.4) is 0 Å². The number of aromatic nitrogens is 2. The molecule has 0 aliphatic rings. The summed E-state index contributed by atoms with van der Waals surface area (Å²) in [6, 6.07) is 21.3. The molecule has 5 rings (SSSR count). The van der Waals surface area contributed by atoms with Crippen LogP contribution in [-0.2, 0) is 0 Å². The third-order valence-corrected chi connectivity index (χ3v) is 8.72. The molecule has 0 saturated heterocycles. The van der Waals surface area contributed by atoms with Crippen LogP contribution in [0.5, 0.6) is 0 Å². The highest BCUT2D eigenvalue weighted by Gasteiger charge is 2.24. The number of imidazole rings is 1. The van der Waals surface area contributed by atoms with E-state index in [0.717, 1.165) is 23.4 Å². The van der Waals surface area contributed by atoms with Gasteiger partial charge in [0.15, 0.2) is 0 Å². The third kappa shape index (κ3) is 4.76. The maximum Gasteiger partial charge on any atom is 0.145 e. The van der Waals surface area contributed by atoms with Gasteiger partial charge in [-0.1, -0.05) is 119 Å². The molecule has 0 unspecified atom stereocenters. The van der Waals surface area contributed by atoms with E-state index in [4.69, 9.17) is 25.5 Å². The zero-order valence-electron chi connectivity index (χ0n) is 38.5. The Balaban J connectivity index is 2.12. The van der Waals surface area contributed by atoms with Gasteiger partial charge in [-0.15, -0.1) is 0 Å². The van der Waals surface area contributed by atoms with Crippen LogP contribution in [0, 0.1) is 6.85 Å². The smallest absolute Gasteiger partial charge is 0.145 e. The third-order valence-electron chi connectivity index (χ3n) is 6.68. The first-order valence-corrected chi connectivity index (χ1v) is 15.7. The summed E-state index contributed by atoms with van der Waals surface area (Å²) in [7, 11) is -2.18. The Labute approximate surface area is 253 Å². The number of fused-ring (bicyclic) bond motifs is 1. The van der Waals surface area contributed by atoms with Crippen molar-refractivity contribution < 1.29 is 23.3 Å². The molecule has 194 valence electrons. The molecule has 5 aromatic rings. The van der Waals surface area contributed by atoms with Crippen LogP contribution >= 0.6 is 0 Å². The van der Waals surface area contributed by atoms with Crippen molar-refractivity contribution in [2.45, 2.75) is 65.7 Å². The van der Waals surface area contributed by atoms with E-state index in [1.807, 2.05) is 25.7 Å². The molecule has 0 atom stereocenters. The summed E-state index contributed by atoms with van der Waals surface area (Å²) < 4.78 is 146. The van der Waals surface area contributed by atoms with E-state index in [0.29, 0.717) is 5.56 Å². The van der Waals surface area contributed by atoms with Crippen molar-refractivity contribution in [3.05, 3.63) is 102 Å². The summed E-state index contributed by atoms with van der Waals surface area (Å²) in [6.45, 7) is -10.9. The van der Waals surface area contributed by atoms with Gasteiger partial charge >= 0.3 is 0 Å². The monoisotopic (exact) mass is 533 g/mol. The molecule has 0 spiro atoms. The normalized spacial score (nSPS) is 21.0. The molecule has 0 aliphatic carbocycles. The van der Waals surface area contributed by atoms with Crippen LogP contribution in [-0.4, -0.2) is 17.6 Å². The van der Waals surface area contributed by atoms with Crippen molar-refractivity contribution in [2.75, 3.05) is 0 Å². The molecular weight excluding hydrogens is 476 g/mol. The van der Waals surface area contributed by atoms with Crippen LogP contribution in [0.25, 0.3) is 39.2 Å². The van der Waals surface area contributed by atoms with Gasteiger partial charge in [-0.05, 0) is 64.7 Å². The maximum atomic E-state index is 9.33. The second kappa shape index (κ2) is 10.0. The lowest BCUT2D eigenvalue weighted by molar-refractivity contribution is 0.811. The fourth-order valence-corrected chi connectivity index (χ4v) is 5.84. The Morgan fingerprint density at radius 1 is 0.763 bits per heavy atom. The fourth-order valence-electron chi connectivity index (χ4n) is 4.69. The minimum Gasteiger partial charge on any atom is -0.292 e. The molecule has 38 heavy (non-hydrogen) atoms. The zero-order valence-corrected chi connectivity index (χ0v) is 22.5. The van der Waals surface area contributed by atoms with Gasteiger partial charge in [0.25, 0.3) is 0 Å². The van der Waals surface area contributed by atoms with Crippen LogP contribution in [0.1, 0.15) is 79.2 Å². The van der Waals surface area contributed by atoms with Crippen molar-refractivity contribution in [3.8, 4) is 28.2 Å². The lowest BCUT2D eigenvalue weighted by atomic mass is 9.92. The summed E-state index contributed by atoms with van der Waals surface area (Å²) in [4.78, 5) is 4.86. The van der Waals surface area contributed by atoms with Gasteiger partial charge < -0.3 is 0 Å². The number of benzene rings is 4. The predicted molar refractivity (Wildman–Crippen MR) is 168 cm³/mol. The SMILES string of the molecule is [2H]C([2H])([2H])c1ccc(-c2nc3ccc([Si](C)(C)C)cc3n2-c2c(C([2H])(C([2H])([2H])[2H])C([2H])([2H])[2H])cccc2C([2H])(C([2H])([2H])[2H])C([2H])([2H])[2H])cc1-c1ccccc1. The van der Waals surface area contributed by atoms with E-state index >= 15 is 0 Å². The summed E-state index contributed by atoms with van der Waals surface area (Å²) >= 11 is 0. The van der Waals surface area contributed by atoms with Gasteiger partial charge in [-0.25, -0.2) is 4.98 Å². The van der Waals surface area contributed by atoms with Crippen LogP contribution in [0.4, 0.5) is 0 Å². The Morgan fingerprint density at radius 3 is 2.11 bits per heavy atom. The van der Waals surface area contributed by atoms with Crippen LogP contribution in [0.2, 0.25) is 19.6 Å². The van der Waals surface area contributed by atoms with Crippen molar-refractivity contribution >= 4 is 24.3 Å². The average molecular weight is 534 g/mol. The van der Waals surface area contributed by atoms with E-state index in [1.165, 1.54) is 22.8 Å². The summed E-state index contributed by atoms with van der Waals surface area (Å²) in [5.41, 5.74) is -0.784. The van der Waals surface area contributed by atoms with E-state index < -0.39 is 70.9 Å². The number of aryl methyl sites for hydroxylation is 1. The van der Waals surface area contributed by atoms with Crippen molar-refractivity contribution in [1.82, 2.24) is 9.55 Å². The van der Waals surface area contributed by atoms with Crippen LogP contribution in [0.15, 0.2) is 84.9 Å². The Morgan fingerprint density at radius 2 is 1.47 bits per heavy atom. The lowest BCUT2D eigenvalue weighted by Gasteiger charge is -2.23. The van der Waals surface area contributed by atoms with Gasteiger partial charge in [0.05, 0.1) is 24.8 Å². The van der Waals surface area contributed by atoms with Gasteiger partial charge in [-0.3, -0.25) is 4.57 Å². The van der Waals surface area contributed by atoms with E-state index in [2.05, 4.69) is 0 Å². The molecule has 1 aromatic heterocycles. The van der Waals surface area contributed by atoms with E-state index in [1.54, 1.807) is 42.5 Å². The molecule has 0 amide bonds. The molecule has 3 heteroatoms. The highest BCUT2D eigenvalue weighted by molar-refractivity contribution is 6.88. The number of para-hydroxylation sites is 1. The number of hydrogen-bond acceptors (Lipinski definition) is 1. The lowest BCUT2D eigenvalue weighted by Crippen LogP contribution is -2.37. The van der Waals surface area contributed by atoms with Gasteiger partial charge in [0.1, 0.15) is 5.82 Å². The molecule has 4 aromatic carbocycles. The second-order valence-corrected chi connectivity index (χ2v) is 15.4. The first kappa shape index (κ1) is 12.6. The van der Waals surface area contributed by atoms with Gasteiger partial charge in [-0.2, -0.15) is 0 Å². The van der Waals surface area contributed by atoms with Crippen LogP contribution < -0.4 is 5.19 Å². The first-order valence-electron chi connectivity index (χ1n) is 20.7. The van der Waals surface area contributed by atoms with Gasteiger partial charge in [0.2, 0.25) is 0 Å². The number of hydrogen-bond donors (Lipinski definition) is 0. The molecule has 1 heterocycles. The topological polar surface area (TPSA) is 17.8 Å². The van der Waals surface area contributed by atoms with Gasteiger partial charge in [0, 0.05) is 28.9 Å². The summed E-state index contributed by atoms with van der Waals surface area (Å²) in [5, 5.41) is 0.835. The van der Waals surface area contributed by atoms with E-state index in [9.17, 15) is 2.74 Å². The maximum absolute atomic E-state index is 9.33. The number of nitrogens with zero attached hydrogens (tertiary/aromatic N) is 2. The minimum atomic E-state index is -3.61. The molecule has 0 N–H and O–H groups in total. The Kier molecular flexibility index (Phi) is 3.33. The molecule has 0 radical (unpaired) electrons. The fraction of sp³-hybridized carbons (Fsp3) is 0.286. The first-order chi connectivity index (χ1) is 24.9. The number of rotatable bonds is 6. The molecule has 2 nitrogen and oxygen atoms in total.